The summed E-state index contributed by atoms with van der Waals surface area (Å²) in [7, 11) is 2.20. The molecule has 0 aliphatic carbocycles. The first-order valence-corrected chi connectivity index (χ1v) is 7.62. The zero-order valence-corrected chi connectivity index (χ0v) is 12.5. The molecule has 1 saturated heterocycles. The molecule has 0 radical (unpaired) electrons. The molecule has 2 heterocycles. The van der Waals surface area contributed by atoms with Crippen molar-refractivity contribution in [3.8, 4) is 0 Å². The zero-order valence-electron chi connectivity index (χ0n) is 11.6. The predicted octanol–water partition coefficient (Wildman–Crippen LogP) is 2.10. The van der Waals surface area contributed by atoms with Crippen LogP contribution in [0, 0.1) is 0 Å². The van der Waals surface area contributed by atoms with E-state index in [1.54, 1.807) is 11.3 Å². The number of thiazole rings is 1. The number of rotatable bonds is 5. The van der Waals surface area contributed by atoms with E-state index in [9.17, 15) is 0 Å². The zero-order chi connectivity index (χ0) is 13.0. The van der Waals surface area contributed by atoms with E-state index in [0.717, 1.165) is 31.2 Å². The van der Waals surface area contributed by atoms with Gasteiger partial charge in [-0.25, -0.2) is 4.98 Å². The van der Waals surface area contributed by atoms with E-state index < -0.39 is 0 Å². The Morgan fingerprint density at radius 3 is 3.06 bits per heavy atom. The third-order valence-corrected chi connectivity index (χ3v) is 4.35. The van der Waals surface area contributed by atoms with Crippen molar-refractivity contribution in [2.45, 2.75) is 32.9 Å². The van der Waals surface area contributed by atoms with E-state index in [2.05, 4.69) is 41.0 Å². The van der Waals surface area contributed by atoms with Gasteiger partial charge in [0.15, 0.2) is 5.13 Å². The number of nitrogens with one attached hydrogen (secondary N) is 1. The Balaban J connectivity index is 1.87. The highest BCUT2D eigenvalue weighted by Gasteiger charge is 2.21. The second kappa shape index (κ2) is 6.50. The number of nitrogens with zero attached hydrogens (tertiary/aromatic N) is 3. The van der Waals surface area contributed by atoms with Crippen LogP contribution in [0.25, 0.3) is 0 Å². The Kier molecular flexibility index (Phi) is 4.97. The van der Waals surface area contributed by atoms with E-state index in [1.165, 1.54) is 18.0 Å². The van der Waals surface area contributed by atoms with Crippen LogP contribution in [-0.2, 0) is 6.54 Å². The number of hydrogen-bond donors (Lipinski definition) is 1. The number of anilines is 1. The van der Waals surface area contributed by atoms with Crippen molar-refractivity contribution in [1.82, 2.24) is 14.8 Å². The molecule has 1 aliphatic rings. The molecule has 0 bridgehead atoms. The Hall–Kier alpha value is -0.650. The molecule has 102 valence electrons. The van der Waals surface area contributed by atoms with Crippen LogP contribution in [0.1, 0.15) is 25.1 Å². The van der Waals surface area contributed by atoms with Crippen LogP contribution in [0.15, 0.2) is 6.20 Å². The van der Waals surface area contributed by atoms with Gasteiger partial charge in [-0.15, -0.1) is 11.3 Å². The van der Waals surface area contributed by atoms with Crippen molar-refractivity contribution in [3.63, 3.8) is 0 Å². The number of hydrogen-bond acceptors (Lipinski definition) is 5. The summed E-state index contributed by atoms with van der Waals surface area (Å²) in [6.45, 7) is 10.0. The molecule has 5 heteroatoms. The fourth-order valence-electron chi connectivity index (χ4n) is 2.31. The molecule has 1 aromatic heterocycles. The molecule has 4 nitrogen and oxygen atoms in total. The number of piperazine rings is 1. The smallest absolute Gasteiger partial charge is 0.182 e. The molecule has 1 aliphatic heterocycles. The van der Waals surface area contributed by atoms with Crippen molar-refractivity contribution in [2.24, 2.45) is 0 Å². The van der Waals surface area contributed by atoms with Crippen LogP contribution in [0.4, 0.5) is 5.13 Å². The maximum Gasteiger partial charge on any atom is 0.182 e. The fraction of sp³-hybridized carbons (Fsp3) is 0.769. The summed E-state index contributed by atoms with van der Waals surface area (Å²) in [5, 5.41) is 4.41. The topological polar surface area (TPSA) is 31.4 Å². The van der Waals surface area contributed by atoms with Gasteiger partial charge in [-0.2, -0.15) is 0 Å². The first-order valence-electron chi connectivity index (χ1n) is 6.80. The third-order valence-electron chi connectivity index (χ3n) is 3.41. The molecule has 1 N–H and O–H groups in total. The SMILES string of the molecule is CCCNc1ncc(CN2CCN(C)CC2C)s1. The Bertz CT molecular complexity index is 366. The minimum absolute atomic E-state index is 0.637. The fourth-order valence-corrected chi connectivity index (χ4v) is 3.17. The maximum atomic E-state index is 4.43. The molecule has 1 atom stereocenters. The quantitative estimate of drug-likeness (QED) is 0.886. The summed E-state index contributed by atoms with van der Waals surface area (Å²) >= 11 is 1.79. The first-order chi connectivity index (χ1) is 8.69. The van der Waals surface area contributed by atoms with Crippen LogP contribution in [-0.4, -0.2) is 54.1 Å². The van der Waals surface area contributed by atoms with Gasteiger partial charge in [0.1, 0.15) is 0 Å². The average Bonchev–Trinajstić information content (AvgIpc) is 2.78. The molecular weight excluding hydrogens is 244 g/mol. The van der Waals surface area contributed by atoms with Crippen molar-refractivity contribution in [2.75, 3.05) is 38.5 Å². The minimum Gasteiger partial charge on any atom is -0.362 e. The summed E-state index contributed by atoms with van der Waals surface area (Å²) in [5.41, 5.74) is 0. The van der Waals surface area contributed by atoms with Crippen LogP contribution < -0.4 is 5.32 Å². The monoisotopic (exact) mass is 268 g/mol. The highest BCUT2D eigenvalue weighted by atomic mass is 32.1. The van der Waals surface area contributed by atoms with Crippen LogP contribution in [0.2, 0.25) is 0 Å². The van der Waals surface area contributed by atoms with Gasteiger partial charge >= 0.3 is 0 Å². The standard InChI is InChI=1S/C13H24N4S/c1-4-5-14-13-15-8-12(18-13)10-17-7-6-16(3)9-11(17)2/h8,11H,4-7,9-10H2,1-3H3,(H,14,15). The second-order valence-corrected chi connectivity index (χ2v) is 6.26. The van der Waals surface area contributed by atoms with Gasteiger partial charge < -0.3 is 10.2 Å². The molecular formula is C13H24N4S. The molecule has 0 aromatic carbocycles. The summed E-state index contributed by atoms with van der Waals surface area (Å²) in [5.74, 6) is 0. The number of aromatic nitrogens is 1. The lowest BCUT2D eigenvalue weighted by Crippen LogP contribution is -2.49. The first kappa shape index (κ1) is 13.8. The Morgan fingerprint density at radius 1 is 1.50 bits per heavy atom. The van der Waals surface area contributed by atoms with Crippen LogP contribution in [0.3, 0.4) is 0 Å². The highest BCUT2D eigenvalue weighted by molar-refractivity contribution is 7.15. The van der Waals surface area contributed by atoms with Gasteiger partial charge in [-0.1, -0.05) is 6.92 Å². The molecule has 18 heavy (non-hydrogen) atoms. The lowest BCUT2D eigenvalue weighted by molar-refractivity contribution is 0.0947. The second-order valence-electron chi connectivity index (χ2n) is 5.14. The predicted molar refractivity (Wildman–Crippen MR) is 78.3 cm³/mol. The van der Waals surface area contributed by atoms with Gasteiger partial charge in [-0.3, -0.25) is 4.90 Å². The van der Waals surface area contributed by atoms with E-state index in [-0.39, 0.29) is 0 Å². The van der Waals surface area contributed by atoms with Crippen LogP contribution >= 0.6 is 11.3 Å². The van der Waals surface area contributed by atoms with Crippen molar-refractivity contribution < 1.29 is 0 Å². The van der Waals surface area contributed by atoms with Crippen LogP contribution in [0.5, 0.6) is 0 Å². The van der Waals surface area contributed by atoms with Gasteiger partial charge in [0.2, 0.25) is 0 Å². The molecule has 0 amide bonds. The largest absolute Gasteiger partial charge is 0.362 e. The lowest BCUT2D eigenvalue weighted by atomic mass is 10.2. The maximum absolute atomic E-state index is 4.43. The van der Waals surface area contributed by atoms with Gasteiger partial charge in [0.05, 0.1) is 0 Å². The van der Waals surface area contributed by atoms with E-state index in [4.69, 9.17) is 0 Å². The molecule has 1 fully saturated rings. The number of likely N-dealkylation sites (N-methyl/N-ethyl adjacent to an activating group) is 1. The summed E-state index contributed by atoms with van der Waals surface area (Å²) in [6.07, 6.45) is 3.16. The molecule has 1 aromatic rings. The molecule has 1 unspecified atom stereocenters. The highest BCUT2D eigenvalue weighted by Crippen LogP contribution is 2.21. The average molecular weight is 268 g/mol. The Labute approximate surface area is 114 Å². The van der Waals surface area contributed by atoms with Crippen molar-refractivity contribution >= 4 is 16.5 Å². The molecule has 2 rings (SSSR count). The van der Waals surface area contributed by atoms with Crippen molar-refractivity contribution in [1.29, 1.82) is 0 Å². The van der Waals surface area contributed by atoms with E-state index in [0.29, 0.717) is 6.04 Å². The molecule has 0 spiro atoms. The van der Waals surface area contributed by atoms with Gasteiger partial charge in [-0.05, 0) is 20.4 Å². The van der Waals surface area contributed by atoms with Crippen molar-refractivity contribution in [3.05, 3.63) is 11.1 Å². The summed E-state index contributed by atoms with van der Waals surface area (Å²) in [6, 6.07) is 0.637. The molecule has 0 saturated carbocycles. The minimum atomic E-state index is 0.637. The van der Waals surface area contributed by atoms with E-state index >= 15 is 0 Å². The summed E-state index contributed by atoms with van der Waals surface area (Å²) in [4.78, 5) is 10.8. The van der Waals surface area contributed by atoms with Gasteiger partial charge in [0.25, 0.3) is 0 Å². The van der Waals surface area contributed by atoms with E-state index in [1.807, 2.05) is 6.20 Å². The normalized spacial score (nSPS) is 22.3. The Morgan fingerprint density at radius 2 is 2.33 bits per heavy atom. The lowest BCUT2D eigenvalue weighted by Gasteiger charge is -2.37. The van der Waals surface area contributed by atoms with Gasteiger partial charge in [0, 0.05) is 49.8 Å². The third kappa shape index (κ3) is 3.67. The summed E-state index contributed by atoms with van der Waals surface area (Å²) < 4.78 is 0.